The van der Waals surface area contributed by atoms with Crippen molar-refractivity contribution in [3.8, 4) is 17.6 Å². The Morgan fingerprint density at radius 3 is 2.83 bits per heavy atom. The van der Waals surface area contributed by atoms with Crippen molar-refractivity contribution in [1.29, 1.82) is 0 Å². The van der Waals surface area contributed by atoms with Gasteiger partial charge in [-0.15, -0.1) is 11.8 Å². The lowest BCUT2D eigenvalue weighted by molar-refractivity contribution is 0.0993. The van der Waals surface area contributed by atoms with Crippen LogP contribution in [-0.4, -0.2) is 24.5 Å². The number of benzene rings is 2. The van der Waals surface area contributed by atoms with Crippen molar-refractivity contribution in [2.24, 2.45) is 0 Å². The number of fused-ring (bicyclic) bond motifs is 1. The Morgan fingerprint density at radius 2 is 1.97 bits per heavy atom. The number of amides is 1. The van der Waals surface area contributed by atoms with E-state index in [1.165, 1.54) is 0 Å². The maximum atomic E-state index is 12.9. The Labute approximate surface area is 172 Å². The molecule has 29 heavy (non-hydrogen) atoms. The molecule has 148 valence electrons. The molecule has 0 unspecified atom stereocenters. The van der Waals surface area contributed by atoms with E-state index in [1.807, 2.05) is 54.6 Å². The topological polar surface area (TPSA) is 42.4 Å². The van der Waals surface area contributed by atoms with Gasteiger partial charge in [-0.25, -0.2) is 0 Å². The molecule has 0 N–H and O–H groups in total. The average molecular weight is 386 g/mol. The minimum Gasteiger partial charge on any atom is -0.494 e. The van der Waals surface area contributed by atoms with Crippen LogP contribution in [0.2, 0.25) is 0 Å². The van der Waals surface area contributed by atoms with Crippen molar-refractivity contribution < 1.29 is 9.53 Å². The summed E-state index contributed by atoms with van der Waals surface area (Å²) < 4.78 is 5.85. The highest BCUT2D eigenvalue weighted by Crippen LogP contribution is 2.23. The molecular weight excluding hydrogens is 360 g/mol. The summed E-state index contributed by atoms with van der Waals surface area (Å²) in [5.74, 6) is 6.92. The normalized spacial score (nSPS) is 10.3. The fraction of sp³-hybridized carbons (Fsp3) is 0.280. The van der Waals surface area contributed by atoms with E-state index in [0.29, 0.717) is 12.2 Å². The molecule has 3 rings (SSSR count). The molecule has 4 heteroatoms. The van der Waals surface area contributed by atoms with Gasteiger partial charge < -0.3 is 9.64 Å². The van der Waals surface area contributed by atoms with E-state index in [-0.39, 0.29) is 5.91 Å². The second-order valence-corrected chi connectivity index (χ2v) is 6.79. The molecule has 0 fully saturated rings. The number of hydrogen-bond donors (Lipinski definition) is 0. The zero-order valence-corrected chi connectivity index (χ0v) is 17.0. The molecule has 0 saturated carbocycles. The maximum absolute atomic E-state index is 12.9. The van der Waals surface area contributed by atoms with E-state index in [2.05, 4.69) is 23.7 Å². The van der Waals surface area contributed by atoms with E-state index in [0.717, 1.165) is 48.0 Å². The molecule has 0 saturated heterocycles. The molecular formula is C25H26N2O2. The first-order valence-corrected chi connectivity index (χ1v) is 10.0. The lowest BCUT2D eigenvalue weighted by atomic mass is 10.1. The third-order valence-corrected chi connectivity index (χ3v) is 4.63. The van der Waals surface area contributed by atoms with Crippen molar-refractivity contribution in [2.45, 2.75) is 32.6 Å². The zero-order valence-electron chi connectivity index (χ0n) is 17.0. The fourth-order valence-corrected chi connectivity index (χ4v) is 3.02. The number of aromatic nitrogens is 1. The predicted octanol–water partition coefficient (Wildman–Crippen LogP) is 5.47. The van der Waals surface area contributed by atoms with Gasteiger partial charge in [0.05, 0.1) is 12.1 Å². The van der Waals surface area contributed by atoms with Crippen LogP contribution >= 0.6 is 0 Å². The number of anilines is 1. The van der Waals surface area contributed by atoms with E-state index >= 15 is 0 Å². The predicted molar refractivity (Wildman–Crippen MR) is 118 cm³/mol. The van der Waals surface area contributed by atoms with Gasteiger partial charge in [-0.2, -0.15) is 0 Å². The van der Waals surface area contributed by atoms with Crippen LogP contribution in [0.5, 0.6) is 5.75 Å². The first kappa shape index (κ1) is 20.4. The number of ether oxygens (including phenoxy) is 1. The van der Waals surface area contributed by atoms with Gasteiger partial charge in [0, 0.05) is 48.8 Å². The van der Waals surface area contributed by atoms with Crippen LogP contribution in [0, 0.1) is 11.8 Å². The first-order valence-electron chi connectivity index (χ1n) is 10.0. The Hall–Kier alpha value is -3.32. The molecule has 1 amide bonds. The zero-order chi connectivity index (χ0) is 20.5. The van der Waals surface area contributed by atoms with E-state index in [4.69, 9.17) is 4.74 Å². The summed E-state index contributed by atoms with van der Waals surface area (Å²) in [6, 6.07) is 17.0. The highest BCUT2D eigenvalue weighted by atomic mass is 16.5. The standard InChI is InChI=1S/C25H26N2O2/c1-3-4-5-6-7-8-17-29-23-13-9-12-22(19-23)27(2)25(28)21-14-15-24-20(18-21)11-10-16-26-24/h9-16,18-19H,3,6-8,17H2,1-2H3. The molecule has 0 atom stereocenters. The summed E-state index contributed by atoms with van der Waals surface area (Å²) >= 11 is 0. The molecule has 1 aromatic heterocycles. The van der Waals surface area contributed by atoms with E-state index in [9.17, 15) is 4.79 Å². The van der Waals surface area contributed by atoms with Crippen molar-refractivity contribution in [1.82, 2.24) is 4.98 Å². The van der Waals surface area contributed by atoms with Crippen LogP contribution < -0.4 is 9.64 Å². The monoisotopic (exact) mass is 386 g/mol. The summed E-state index contributed by atoms with van der Waals surface area (Å²) in [4.78, 5) is 18.9. The summed E-state index contributed by atoms with van der Waals surface area (Å²) in [6.07, 6.45) is 5.56. The van der Waals surface area contributed by atoms with Gasteiger partial charge >= 0.3 is 0 Å². The first-order chi connectivity index (χ1) is 14.2. The fourth-order valence-electron chi connectivity index (χ4n) is 3.02. The summed E-state index contributed by atoms with van der Waals surface area (Å²) in [5, 5.41) is 0.951. The quantitative estimate of drug-likeness (QED) is 0.399. The smallest absolute Gasteiger partial charge is 0.258 e. The highest BCUT2D eigenvalue weighted by molar-refractivity contribution is 6.07. The summed E-state index contributed by atoms with van der Waals surface area (Å²) in [5.41, 5.74) is 2.31. The van der Waals surface area contributed by atoms with Crippen molar-refractivity contribution >= 4 is 22.5 Å². The molecule has 0 spiro atoms. The lowest BCUT2D eigenvalue weighted by Crippen LogP contribution is -2.26. The molecule has 0 aliphatic carbocycles. The van der Waals surface area contributed by atoms with Crippen molar-refractivity contribution in [2.75, 3.05) is 18.6 Å². The molecule has 2 aromatic carbocycles. The molecule has 1 heterocycles. The molecule has 0 bridgehead atoms. The summed E-state index contributed by atoms with van der Waals surface area (Å²) in [7, 11) is 1.78. The average Bonchev–Trinajstić information content (AvgIpc) is 2.77. The largest absolute Gasteiger partial charge is 0.494 e. The van der Waals surface area contributed by atoms with Crippen molar-refractivity contribution in [3.05, 3.63) is 66.4 Å². The minimum atomic E-state index is -0.0672. The van der Waals surface area contributed by atoms with Gasteiger partial charge in [-0.1, -0.05) is 19.1 Å². The Kier molecular flexibility index (Phi) is 7.24. The summed E-state index contributed by atoms with van der Waals surface area (Å²) in [6.45, 7) is 2.70. The molecule has 3 aromatic rings. The number of rotatable bonds is 7. The van der Waals surface area contributed by atoms with Crippen LogP contribution in [0.15, 0.2) is 60.8 Å². The van der Waals surface area contributed by atoms with Crippen LogP contribution in [0.3, 0.4) is 0 Å². The third kappa shape index (κ3) is 5.58. The number of nitrogens with zero attached hydrogens (tertiary/aromatic N) is 2. The number of hydrogen-bond acceptors (Lipinski definition) is 3. The minimum absolute atomic E-state index is 0.0672. The second kappa shape index (κ2) is 10.3. The highest BCUT2D eigenvalue weighted by Gasteiger charge is 2.14. The van der Waals surface area contributed by atoms with E-state index < -0.39 is 0 Å². The van der Waals surface area contributed by atoms with Crippen LogP contribution in [-0.2, 0) is 0 Å². The van der Waals surface area contributed by atoms with Crippen molar-refractivity contribution in [3.63, 3.8) is 0 Å². The van der Waals surface area contributed by atoms with Gasteiger partial charge in [0.2, 0.25) is 0 Å². The second-order valence-electron chi connectivity index (χ2n) is 6.79. The molecule has 4 nitrogen and oxygen atoms in total. The molecule has 0 aliphatic rings. The van der Waals surface area contributed by atoms with Crippen LogP contribution in [0.25, 0.3) is 10.9 Å². The van der Waals surface area contributed by atoms with Crippen LogP contribution in [0.1, 0.15) is 43.0 Å². The number of carbonyl (C=O) groups excluding carboxylic acids is 1. The van der Waals surface area contributed by atoms with Gasteiger partial charge in [0.1, 0.15) is 5.75 Å². The van der Waals surface area contributed by atoms with Gasteiger partial charge in [-0.05, 0) is 49.2 Å². The SMILES string of the molecule is CCC#CCCCCOc1cccc(N(C)C(=O)c2ccc3ncccc3c2)c1. The van der Waals surface area contributed by atoms with Gasteiger partial charge in [0.25, 0.3) is 5.91 Å². The molecule has 0 radical (unpaired) electrons. The Bertz CT molecular complexity index is 1030. The number of unbranched alkanes of at least 4 members (excludes halogenated alkanes) is 2. The Morgan fingerprint density at radius 1 is 1.07 bits per heavy atom. The van der Waals surface area contributed by atoms with Gasteiger partial charge in [-0.3, -0.25) is 9.78 Å². The number of carbonyl (C=O) groups is 1. The van der Waals surface area contributed by atoms with E-state index in [1.54, 1.807) is 18.1 Å². The van der Waals surface area contributed by atoms with Gasteiger partial charge in [0.15, 0.2) is 0 Å². The lowest BCUT2D eigenvalue weighted by Gasteiger charge is -2.18. The van der Waals surface area contributed by atoms with Crippen LogP contribution in [0.4, 0.5) is 5.69 Å². The Balaban J connectivity index is 1.61. The number of pyridine rings is 1. The molecule has 0 aliphatic heterocycles. The maximum Gasteiger partial charge on any atom is 0.258 e. The third-order valence-electron chi connectivity index (χ3n) is 4.63.